The maximum Gasteiger partial charge on any atom is 0.220 e. The highest BCUT2D eigenvalue weighted by Gasteiger charge is 2.12. The first kappa shape index (κ1) is 18.2. The van der Waals surface area contributed by atoms with E-state index >= 15 is 0 Å². The van der Waals surface area contributed by atoms with Crippen LogP contribution in [0.2, 0.25) is 0 Å². The summed E-state index contributed by atoms with van der Waals surface area (Å²) in [4.78, 5) is 23.9. The molecule has 22 heavy (non-hydrogen) atoms. The standard InChI is InChI=1S/C18H27NO3/c1-4-13-22-16-9-7-14(8-10-16)17(20)11-12-18(21)19-15(5-2)6-3/h7-10,15H,4-6,11-13H2,1-3H3,(H,19,21). The number of carbonyl (C=O) groups excluding carboxylic acids is 2. The molecule has 1 aromatic carbocycles. The van der Waals surface area contributed by atoms with Gasteiger partial charge < -0.3 is 10.1 Å². The van der Waals surface area contributed by atoms with Gasteiger partial charge in [-0.3, -0.25) is 9.59 Å². The maximum atomic E-state index is 12.1. The van der Waals surface area contributed by atoms with Crippen molar-refractivity contribution in [3.63, 3.8) is 0 Å². The van der Waals surface area contributed by atoms with Crippen LogP contribution in [0.1, 0.15) is 63.2 Å². The summed E-state index contributed by atoms with van der Waals surface area (Å²) in [5.41, 5.74) is 0.624. The zero-order chi connectivity index (χ0) is 16.4. The Balaban J connectivity index is 2.43. The fraction of sp³-hybridized carbons (Fsp3) is 0.556. The number of benzene rings is 1. The van der Waals surface area contributed by atoms with Gasteiger partial charge in [0.25, 0.3) is 0 Å². The predicted molar refractivity (Wildman–Crippen MR) is 88.3 cm³/mol. The molecule has 0 fully saturated rings. The van der Waals surface area contributed by atoms with Crippen molar-refractivity contribution in [2.45, 2.75) is 58.9 Å². The lowest BCUT2D eigenvalue weighted by atomic mass is 10.1. The minimum atomic E-state index is -0.0510. The van der Waals surface area contributed by atoms with Gasteiger partial charge in [-0.2, -0.15) is 0 Å². The van der Waals surface area contributed by atoms with Crippen molar-refractivity contribution in [3.8, 4) is 5.75 Å². The lowest BCUT2D eigenvalue weighted by Gasteiger charge is -2.14. The number of ether oxygens (including phenoxy) is 1. The molecule has 1 rings (SSSR count). The number of ketones is 1. The molecule has 0 aliphatic carbocycles. The maximum absolute atomic E-state index is 12.1. The van der Waals surface area contributed by atoms with E-state index in [2.05, 4.69) is 5.32 Å². The molecule has 1 aromatic rings. The molecule has 1 N–H and O–H groups in total. The van der Waals surface area contributed by atoms with E-state index in [4.69, 9.17) is 4.74 Å². The second-order valence-corrected chi connectivity index (χ2v) is 5.38. The highest BCUT2D eigenvalue weighted by Crippen LogP contribution is 2.14. The fourth-order valence-electron chi connectivity index (χ4n) is 2.12. The van der Waals surface area contributed by atoms with Crippen LogP contribution in [0.3, 0.4) is 0 Å². The molecule has 0 aliphatic heterocycles. The van der Waals surface area contributed by atoms with Crippen LogP contribution in [0.5, 0.6) is 5.75 Å². The summed E-state index contributed by atoms with van der Waals surface area (Å²) < 4.78 is 5.48. The second-order valence-electron chi connectivity index (χ2n) is 5.38. The normalized spacial score (nSPS) is 10.5. The lowest BCUT2D eigenvalue weighted by molar-refractivity contribution is -0.121. The molecule has 0 aliphatic rings. The second kappa shape index (κ2) is 9.98. The average Bonchev–Trinajstić information content (AvgIpc) is 2.56. The SMILES string of the molecule is CCCOc1ccc(C(=O)CCC(=O)NC(CC)CC)cc1. The number of carbonyl (C=O) groups is 2. The summed E-state index contributed by atoms with van der Waals surface area (Å²) in [6.07, 6.45) is 3.25. The molecule has 4 heteroatoms. The van der Waals surface area contributed by atoms with Crippen LogP contribution in [0, 0.1) is 0 Å². The van der Waals surface area contributed by atoms with Gasteiger partial charge in [0, 0.05) is 24.4 Å². The van der Waals surface area contributed by atoms with E-state index in [1.165, 1.54) is 0 Å². The fourth-order valence-corrected chi connectivity index (χ4v) is 2.12. The zero-order valence-corrected chi connectivity index (χ0v) is 13.9. The van der Waals surface area contributed by atoms with Gasteiger partial charge in [0.15, 0.2) is 5.78 Å². The molecule has 0 bridgehead atoms. The molecular formula is C18H27NO3. The Morgan fingerprint density at radius 2 is 1.68 bits per heavy atom. The molecule has 122 valence electrons. The van der Waals surface area contributed by atoms with E-state index in [0.717, 1.165) is 25.0 Å². The predicted octanol–water partition coefficient (Wildman–Crippen LogP) is 3.74. The van der Waals surface area contributed by atoms with Gasteiger partial charge in [0.1, 0.15) is 5.75 Å². The summed E-state index contributed by atoms with van der Waals surface area (Å²) in [6.45, 7) is 6.80. The third kappa shape index (κ3) is 6.29. The number of Topliss-reactive ketones (excluding diaryl/α,β-unsaturated/α-hetero) is 1. The third-order valence-electron chi connectivity index (χ3n) is 3.58. The first-order valence-corrected chi connectivity index (χ1v) is 8.16. The van der Waals surface area contributed by atoms with Gasteiger partial charge in [0.2, 0.25) is 5.91 Å². The van der Waals surface area contributed by atoms with Crippen molar-refractivity contribution in [2.75, 3.05) is 6.61 Å². The largest absolute Gasteiger partial charge is 0.494 e. The van der Waals surface area contributed by atoms with Gasteiger partial charge in [-0.15, -0.1) is 0 Å². The van der Waals surface area contributed by atoms with Crippen LogP contribution in [-0.2, 0) is 4.79 Å². The number of rotatable bonds is 10. The lowest BCUT2D eigenvalue weighted by Crippen LogP contribution is -2.33. The van der Waals surface area contributed by atoms with Crippen LogP contribution in [0.25, 0.3) is 0 Å². The van der Waals surface area contributed by atoms with Crippen molar-refractivity contribution in [1.29, 1.82) is 0 Å². The Morgan fingerprint density at radius 3 is 2.23 bits per heavy atom. The van der Waals surface area contributed by atoms with E-state index in [0.29, 0.717) is 12.2 Å². The highest BCUT2D eigenvalue weighted by atomic mass is 16.5. The van der Waals surface area contributed by atoms with Crippen molar-refractivity contribution >= 4 is 11.7 Å². The van der Waals surface area contributed by atoms with E-state index in [1.54, 1.807) is 24.3 Å². The van der Waals surface area contributed by atoms with Crippen molar-refractivity contribution < 1.29 is 14.3 Å². The molecule has 0 spiro atoms. The molecular weight excluding hydrogens is 278 g/mol. The Morgan fingerprint density at radius 1 is 1.05 bits per heavy atom. The Labute approximate surface area is 133 Å². The molecule has 0 radical (unpaired) electrons. The highest BCUT2D eigenvalue weighted by molar-refractivity contribution is 5.98. The molecule has 0 atom stereocenters. The zero-order valence-electron chi connectivity index (χ0n) is 13.9. The van der Waals surface area contributed by atoms with E-state index in [1.807, 2.05) is 20.8 Å². The quantitative estimate of drug-likeness (QED) is 0.670. The smallest absolute Gasteiger partial charge is 0.220 e. The molecule has 1 amide bonds. The number of amides is 1. The van der Waals surface area contributed by atoms with Crippen LogP contribution in [0.4, 0.5) is 0 Å². The first-order chi connectivity index (χ1) is 10.6. The number of nitrogens with one attached hydrogen (secondary N) is 1. The van der Waals surface area contributed by atoms with Gasteiger partial charge in [-0.1, -0.05) is 20.8 Å². The molecule has 0 saturated carbocycles. The van der Waals surface area contributed by atoms with Gasteiger partial charge in [-0.25, -0.2) is 0 Å². The third-order valence-corrected chi connectivity index (χ3v) is 3.58. The summed E-state index contributed by atoms with van der Waals surface area (Å²) in [5.74, 6) is 0.705. The van der Waals surface area contributed by atoms with Crippen LogP contribution in [-0.4, -0.2) is 24.3 Å². The van der Waals surface area contributed by atoms with Gasteiger partial charge in [0.05, 0.1) is 6.61 Å². The Kier molecular flexibility index (Phi) is 8.26. The first-order valence-electron chi connectivity index (χ1n) is 8.16. The van der Waals surface area contributed by atoms with Crippen LogP contribution < -0.4 is 10.1 Å². The molecule has 0 aromatic heterocycles. The van der Waals surface area contributed by atoms with Gasteiger partial charge in [-0.05, 0) is 43.5 Å². The van der Waals surface area contributed by atoms with E-state index < -0.39 is 0 Å². The number of hydrogen-bond donors (Lipinski definition) is 1. The molecule has 4 nitrogen and oxygen atoms in total. The monoisotopic (exact) mass is 305 g/mol. The summed E-state index contributed by atoms with van der Waals surface area (Å²) in [6, 6.07) is 7.32. The van der Waals surface area contributed by atoms with Crippen LogP contribution in [0.15, 0.2) is 24.3 Å². The number of hydrogen-bond acceptors (Lipinski definition) is 3. The minimum Gasteiger partial charge on any atom is -0.494 e. The van der Waals surface area contributed by atoms with Crippen molar-refractivity contribution in [1.82, 2.24) is 5.32 Å². The Hall–Kier alpha value is -1.84. The molecule has 0 heterocycles. The Bertz CT molecular complexity index is 464. The summed E-state index contributed by atoms with van der Waals surface area (Å²) in [7, 11) is 0. The van der Waals surface area contributed by atoms with Crippen molar-refractivity contribution in [3.05, 3.63) is 29.8 Å². The topological polar surface area (TPSA) is 55.4 Å². The molecule has 0 unspecified atom stereocenters. The molecule has 0 saturated heterocycles. The van der Waals surface area contributed by atoms with Gasteiger partial charge >= 0.3 is 0 Å². The van der Waals surface area contributed by atoms with Crippen LogP contribution >= 0.6 is 0 Å². The summed E-state index contributed by atoms with van der Waals surface area (Å²) >= 11 is 0. The van der Waals surface area contributed by atoms with Crippen molar-refractivity contribution in [2.24, 2.45) is 0 Å². The minimum absolute atomic E-state index is 0.0123. The van der Waals surface area contributed by atoms with E-state index in [9.17, 15) is 9.59 Å². The summed E-state index contributed by atoms with van der Waals surface area (Å²) in [5, 5.41) is 2.94. The average molecular weight is 305 g/mol. The van der Waals surface area contributed by atoms with E-state index in [-0.39, 0.29) is 30.6 Å².